The van der Waals surface area contributed by atoms with Gasteiger partial charge in [-0.2, -0.15) is 23.5 Å². The standard InChI is InChI=1S/C12H17N3S3/c1-2-9-10(18-4-3-17-9)12-14-8-6-16-5-7(8)11(13)15-12/h9-10H,2-6H2,1H3,(H2,13,14,15). The minimum Gasteiger partial charge on any atom is -0.383 e. The largest absolute Gasteiger partial charge is 0.383 e. The number of rotatable bonds is 2. The molecule has 0 aromatic carbocycles. The molecule has 2 unspecified atom stereocenters. The van der Waals surface area contributed by atoms with Crippen molar-refractivity contribution in [2.24, 2.45) is 0 Å². The van der Waals surface area contributed by atoms with Crippen LogP contribution in [-0.2, 0) is 11.5 Å². The van der Waals surface area contributed by atoms with Crippen molar-refractivity contribution in [3.05, 3.63) is 17.1 Å². The molecule has 1 fully saturated rings. The fourth-order valence-corrected chi connectivity index (χ4v) is 6.41. The van der Waals surface area contributed by atoms with Crippen LogP contribution in [0, 0.1) is 0 Å². The van der Waals surface area contributed by atoms with E-state index in [0.29, 0.717) is 16.3 Å². The van der Waals surface area contributed by atoms with Crippen LogP contribution in [-0.4, -0.2) is 26.7 Å². The summed E-state index contributed by atoms with van der Waals surface area (Å²) < 4.78 is 0. The number of fused-ring (bicyclic) bond motifs is 1. The molecule has 18 heavy (non-hydrogen) atoms. The Bertz CT molecular complexity index is 452. The van der Waals surface area contributed by atoms with Crippen LogP contribution >= 0.6 is 35.3 Å². The number of anilines is 1. The molecule has 0 saturated carbocycles. The number of hydrogen-bond acceptors (Lipinski definition) is 6. The van der Waals surface area contributed by atoms with Crippen molar-refractivity contribution in [2.75, 3.05) is 17.2 Å². The van der Waals surface area contributed by atoms with Gasteiger partial charge in [0, 0.05) is 33.8 Å². The van der Waals surface area contributed by atoms with Crippen molar-refractivity contribution in [2.45, 2.75) is 35.4 Å². The normalized spacial score (nSPS) is 27.2. The van der Waals surface area contributed by atoms with Gasteiger partial charge in [0.1, 0.15) is 11.6 Å². The van der Waals surface area contributed by atoms with Gasteiger partial charge in [-0.05, 0) is 6.42 Å². The second kappa shape index (κ2) is 5.51. The Hall–Kier alpha value is -0.0700. The lowest BCUT2D eigenvalue weighted by Gasteiger charge is -2.29. The summed E-state index contributed by atoms with van der Waals surface area (Å²) in [5, 5.41) is 1.06. The molecule has 0 aliphatic carbocycles. The highest BCUT2D eigenvalue weighted by atomic mass is 32.2. The highest BCUT2D eigenvalue weighted by Gasteiger charge is 2.30. The molecule has 3 heterocycles. The van der Waals surface area contributed by atoms with Crippen LogP contribution in [0.15, 0.2) is 0 Å². The fourth-order valence-electron chi connectivity index (χ4n) is 2.37. The van der Waals surface area contributed by atoms with Gasteiger partial charge in [-0.3, -0.25) is 0 Å². The maximum Gasteiger partial charge on any atom is 0.145 e. The summed E-state index contributed by atoms with van der Waals surface area (Å²) in [5.74, 6) is 6.10. The van der Waals surface area contributed by atoms with Crippen molar-refractivity contribution in [1.82, 2.24) is 9.97 Å². The van der Waals surface area contributed by atoms with E-state index < -0.39 is 0 Å². The van der Waals surface area contributed by atoms with E-state index in [1.165, 1.54) is 29.2 Å². The summed E-state index contributed by atoms with van der Waals surface area (Å²) in [4.78, 5) is 9.38. The minimum absolute atomic E-state index is 0.423. The van der Waals surface area contributed by atoms with Crippen LogP contribution in [0.2, 0.25) is 0 Å². The summed E-state index contributed by atoms with van der Waals surface area (Å²) in [6.07, 6.45) is 1.18. The Labute approximate surface area is 120 Å². The third-order valence-corrected chi connectivity index (χ3v) is 7.55. The number of nitrogen functional groups attached to an aromatic ring is 1. The monoisotopic (exact) mass is 299 g/mol. The molecule has 0 radical (unpaired) electrons. The second-order valence-corrected chi connectivity index (χ2v) is 8.08. The molecular formula is C12H17N3S3. The summed E-state index contributed by atoms with van der Waals surface area (Å²) in [7, 11) is 0. The van der Waals surface area contributed by atoms with E-state index in [2.05, 4.69) is 23.7 Å². The Kier molecular flexibility index (Phi) is 3.96. The maximum atomic E-state index is 6.09. The molecule has 3 nitrogen and oxygen atoms in total. The number of aromatic nitrogens is 2. The first-order chi connectivity index (χ1) is 8.79. The third kappa shape index (κ3) is 2.34. The van der Waals surface area contributed by atoms with E-state index in [1.807, 2.05) is 23.5 Å². The molecule has 2 N–H and O–H groups in total. The average Bonchev–Trinajstić information content (AvgIpc) is 2.87. The summed E-state index contributed by atoms with van der Waals surface area (Å²) in [5.41, 5.74) is 8.43. The summed E-state index contributed by atoms with van der Waals surface area (Å²) in [6, 6.07) is 0. The van der Waals surface area contributed by atoms with Crippen LogP contribution in [0.5, 0.6) is 0 Å². The predicted octanol–water partition coefficient (Wildman–Crippen LogP) is 3.11. The van der Waals surface area contributed by atoms with Gasteiger partial charge >= 0.3 is 0 Å². The highest BCUT2D eigenvalue weighted by Crippen LogP contribution is 2.44. The van der Waals surface area contributed by atoms with E-state index in [1.54, 1.807) is 0 Å². The lowest BCUT2D eigenvalue weighted by molar-refractivity contribution is 0.745. The van der Waals surface area contributed by atoms with Crippen molar-refractivity contribution in [3.63, 3.8) is 0 Å². The molecule has 2 aliphatic rings. The summed E-state index contributed by atoms with van der Waals surface area (Å²) in [6.45, 7) is 2.25. The SMILES string of the molecule is CCC1SCCSC1c1nc(N)c2c(n1)CSC2. The molecule has 1 saturated heterocycles. The molecule has 0 amide bonds. The van der Waals surface area contributed by atoms with Gasteiger partial charge in [-0.25, -0.2) is 9.97 Å². The van der Waals surface area contributed by atoms with Gasteiger partial charge in [-0.15, -0.1) is 11.8 Å². The van der Waals surface area contributed by atoms with Crippen LogP contribution in [0.25, 0.3) is 0 Å². The van der Waals surface area contributed by atoms with Gasteiger partial charge in [0.25, 0.3) is 0 Å². The van der Waals surface area contributed by atoms with Crippen molar-refractivity contribution >= 4 is 41.1 Å². The fraction of sp³-hybridized carbons (Fsp3) is 0.667. The molecule has 0 spiro atoms. The Morgan fingerprint density at radius 2 is 2.06 bits per heavy atom. The Morgan fingerprint density at radius 1 is 1.22 bits per heavy atom. The van der Waals surface area contributed by atoms with Crippen molar-refractivity contribution in [3.8, 4) is 0 Å². The quantitative estimate of drug-likeness (QED) is 0.905. The number of nitrogens with two attached hydrogens (primary N) is 1. The van der Waals surface area contributed by atoms with Crippen molar-refractivity contribution in [1.29, 1.82) is 0 Å². The number of hydrogen-bond donors (Lipinski definition) is 1. The molecule has 1 aromatic heterocycles. The zero-order valence-corrected chi connectivity index (χ0v) is 12.8. The highest BCUT2D eigenvalue weighted by molar-refractivity contribution is 8.06. The van der Waals surface area contributed by atoms with E-state index >= 15 is 0 Å². The lowest BCUT2D eigenvalue weighted by Crippen LogP contribution is -2.21. The number of nitrogens with zero attached hydrogens (tertiary/aromatic N) is 2. The third-order valence-electron chi connectivity index (χ3n) is 3.33. The molecule has 0 bridgehead atoms. The minimum atomic E-state index is 0.423. The van der Waals surface area contributed by atoms with E-state index in [0.717, 1.165) is 17.3 Å². The maximum absolute atomic E-state index is 6.09. The van der Waals surface area contributed by atoms with Crippen LogP contribution in [0.1, 0.15) is 35.7 Å². The van der Waals surface area contributed by atoms with E-state index in [9.17, 15) is 0 Å². The van der Waals surface area contributed by atoms with Crippen LogP contribution < -0.4 is 5.73 Å². The van der Waals surface area contributed by atoms with Gasteiger partial charge in [0.05, 0.1) is 10.9 Å². The zero-order valence-electron chi connectivity index (χ0n) is 10.4. The molecular weight excluding hydrogens is 282 g/mol. The second-order valence-electron chi connectivity index (χ2n) is 4.49. The first-order valence-corrected chi connectivity index (χ1v) is 9.51. The van der Waals surface area contributed by atoms with Gasteiger partial charge in [-0.1, -0.05) is 6.92 Å². The lowest BCUT2D eigenvalue weighted by atomic mass is 10.2. The average molecular weight is 299 g/mol. The van der Waals surface area contributed by atoms with Gasteiger partial charge < -0.3 is 5.73 Å². The summed E-state index contributed by atoms with van der Waals surface area (Å²) >= 11 is 5.94. The molecule has 2 aliphatic heterocycles. The number of thioether (sulfide) groups is 3. The van der Waals surface area contributed by atoms with E-state index in [-0.39, 0.29) is 0 Å². The smallest absolute Gasteiger partial charge is 0.145 e. The molecule has 1 aromatic rings. The Balaban J connectivity index is 1.93. The van der Waals surface area contributed by atoms with Crippen molar-refractivity contribution < 1.29 is 0 Å². The zero-order chi connectivity index (χ0) is 12.5. The molecule has 2 atom stereocenters. The molecule has 98 valence electrons. The first-order valence-electron chi connectivity index (χ1n) is 6.25. The van der Waals surface area contributed by atoms with Gasteiger partial charge in [0.15, 0.2) is 0 Å². The molecule has 3 rings (SSSR count). The van der Waals surface area contributed by atoms with E-state index in [4.69, 9.17) is 10.7 Å². The molecule has 6 heteroatoms. The van der Waals surface area contributed by atoms with Crippen LogP contribution in [0.4, 0.5) is 5.82 Å². The van der Waals surface area contributed by atoms with Crippen LogP contribution in [0.3, 0.4) is 0 Å². The predicted molar refractivity (Wildman–Crippen MR) is 83.2 cm³/mol. The Morgan fingerprint density at radius 3 is 2.89 bits per heavy atom. The topological polar surface area (TPSA) is 51.8 Å². The first kappa shape index (κ1) is 12.9. The van der Waals surface area contributed by atoms with Gasteiger partial charge in [0.2, 0.25) is 0 Å².